The first-order valence-corrected chi connectivity index (χ1v) is 7.96. The molecular formula is C14H22N2OS2. The molecule has 3 N–H and O–H groups in total. The lowest BCUT2D eigenvalue weighted by molar-refractivity contribution is -0.122. The highest BCUT2D eigenvalue weighted by Gasteiger charge is 2.30. The number of nitrogens with two attached hydrogens (primary N) is 1. The van der Waals surface area contributed by atoms with Crippen LogP contribution in [-0.4, -0.2) is 16.4 Å². The van der Waals surface area contributed by atoms with Gasteiger partial charge in [0.15, 0.2) is 0 Å². The van der Waals surface area contributed by atoms with Crippen LogP contribution in [0.2, 0.25) is 0 Å². The smallest absolute Gasteiger partial charge is 0.220 e. The molecule has 0 aliphatic heterocycles. The van der Waals surface area contributed by atoms with E-state index in [0.717, 1.165) is 25.7 Å². The van der Waals surface area contributed by atoms with Gasteiger partial charge < -0.3 is 11.1 Å². The summed E-state index contributed by atoms with van der Waals surface area (Å²) >= 11 is 6.82. The lowest BCUT2D eigenvalue weighted by Crippen LogP contribution is -2.55. The molecule has 0 bridgehead atoms. The Kier molecular flexibility index (Phi) is 6.45. The molecule has 0 saturated carbocycles. The van der Waals surface area contributed by atoms with E-state index in [0.29, 0.717) is 11.4 Å². The van der Waals surface area contributed by atoms with Crippen molar-refractivity contribution in [2.24, 2.45) is 5.73 Å². The second-order valence-electron chi connectivity index (χ2n) is 4.63. The van der Waals surface area contributed by atoms with Crippen LogP contribution in [0.25, 0.3) is 0 Å². The molecule has 1 heterocycles. The number of thiophene rings is 1. The summed E-state index contributed by atoms with van der Waals surface area (Å²) in [5, 5.41) is 5.06. The Bertz CT molecular complexity index is 411. The zero-order valence-electron chi connectivity index (χ0n) is 11.6. The largest absolute Gasteiger partial charge is 0.391 e. The van der Waals surface area contributed by atoms with Crippen LogP contribution in [0.15, 0.2) is 17.5 Å². The minimum Gasteiger partial charge on any atom is -0.391 e. The first-order chi connectivity index (χ1) is 9.04. The molecule has 0 aliphatic rings. The van der Waals surface area contributed by atoms with E-state index in [9.17, 15) is 4.79 Å². The van der Waals surface area contributed by atoms with E-state index in [2.05, 4.69) is 16.8 Å². The number of aryl methyl sites for hydroxylation is 1. The fourth-order valence-corrected chi connectivity index (χ4v) is 3.14. The van der Waals surface area contributed by atoms with Crippen molar-refractivity contribution in [2.45, 2.75) is 51.5 Å². The van der Waals surface area contributed by atoms with Crippen LogP contribution in [0, 0.1) is 0 Å². The zero-order chi connectivity index (χ0) is 14.3. The topological polar surface area (TPSA) is 55.1 Å². The summed E-state index contributed by atoms with van der Waals surface area (Å²) in [4.78, 5) is 13.7. The summed E-state index contributed by atoms with van der Waals surface area (Å²) in [6.07, 6.45) is 3.78. The highest BCUT2D eigenvalue weighted by atomic mass is 32.1. The predicted octanol–water partition coefficient (Wildman–Crippen LogP) is 3.03. The fourth-order valence-electron chi connectivity index (χ4n) is 2.04. The molecule has 0 aliphatic carbocycles. The third kappa shape index (κ3) is 4.58. The number of hydrogen-bond acceptors (Lipinski definition) is 3. The SMILES string of the molecule is CCC(CC)(NC(=O)CCCc1cccs1)C(N)=S. The van der Waals surface area contributed by atoms with E-state index in [-0.39, 0.29) is 5.91 Å². The van der Waals surface area contributed by atoms with Gasteiger partial charge in [-0.2, -0.15) is 0 Å². The molecule has 0 radical (unpaired) electrons. The Morgan fingerprint density at radius 2 is 2.16 bits per heavy atom. The number of amides is 1. The van der Waals surface area contributed by atoms with Gasteiger partial charge in [-0.1, -0.05) is 32.1 Å². The van der Waals surface area contributed by atoms with E-state index in [4.69, 9.17) is 18.0 Å². The second kappa shape index (κ2) is 7.60. The zero-order valence-corrected chi connectivity index (χ0v) is 13.2. The summed E-state index contributed by atoms with van der Waals surface area (Å²) in [6.45, 7) is 3.99. The van der Waals surface area contributed by atoms with Gasteiger partial charge in [0, 0.05) is 11.3 Å². The standard InChI is InChI=1S/C14H22N2OS2/c1-3-14(4-2,13(15)18)16-12(17)9-5-7-11-8-6-10-19-11/h6,8,10H,3-5,7,9H2,1-2H3,(H2,15,18)(H,16,17). The van der Waals surface area contributed by atoms with Crippen LogP contribution in [0.1, 0.15) is 44.4 Å². The normalized spacial score (nSPS) is 11.3. The third-order valence-corrected chi connectivity index (χ3v) is 4.79. The molecule has 0 aromatic carbocycles. The van der Waals surface area contributed by atoms with Crippen molar-refractivity contribution in [3.8, 4) is 0 Å². The number of carbonyl (C=O) groups excluding carboxylic acids is 1. The van der Waals surface area contributed by atoms with Crippen LogP contribution >= 0.6 is 23.6 Å². The lowest BCUT2D eigenvalue weighted by atomic mass is 9.92. The van der Waals surface area contributed by atoms with Crippen molar-refractivity contribution in [3.63, 3.8) is 0 Å². The highest BCUT2D eigenvalue weighted by molar-refractivity contribution is 7.80. The van der Waals surface area contributed by atoms with Crippen molar-refractivity contribution in [1.29, 1.82) is 0 Å². The molecule has 1 aromatic rings. The highest BCUT2D eigenvalue weighted by Crippen LogP contribution is 2.17. The maximum Gasteiger partial charge on any atom is 0.220 e. The Labute approximate surface area is 124 Å². The van der Waals surface area contributed by atoms with E-state index >= 15 is 0 Å². The number of hydrogen-bond donors (Lipinski definition) is 2. The molecule has 1 rings (SSSR count). The Balaban J connectivity index is 2.43. The lowest BCUT2D eigenvalue weighted by Gasteiger charge is -2.31. The van der Waals surface area contributed by atoms with E-state index < -0.39 is 5.54 Å². The number of nitrogens with one attached hydrogen (secondary N) is 1. The van der Waals surface area contributed by atoms with Crippen LogP contribution in [-0.2, 0) is 11.2 Å². The molecule has 0 atom stereocenters. The minimum atomic E-state index is -0.519. The van der Waals surface area contributed by atoms with Crippen LogP contribution in [0.5, 0.6) is 0 Å². The van der Waals surface area contributed by atoms with Gasteiger partial charge in [-0.25, -0.2) is 0 Å². The van der Waals surface area contributed by atoms with Crippen molar-refractivity contribution < 1.29 is 4.79 Å². The number of thiocarbonyl (C=S) groups is 1. The fraction of sp³-hybridized carbons (Fsp3) is 0.571. The van der Waals surface area contributed by atoms with Gasteiger partial charge in [0.05, 0.1) is 10.5 Å². The van der Waals surface area contributed by atoms with Gasteiger partial charge in [0.2, 0.25) is 5.91 Å². The Morgan fingerprint density at radius 3 is 2.63 bits per heavy atom. The van der Waals surface area contributed by atoms with Crippen molar-refractivity contribution in [3.05, 3.63) is 22.4 Å². The first-order valence-electron chi connectivity index (χ1n) is 6.67. The van der Waals surface area contributed by atoms with Crippen molar-refractivity contribution in [1.82, 2.24) is 5.32 Å². The molecule has 19 heavy (non-hydrogen) atoms. The molecule has 0 spiro atoms. The summed E-state index contributed by atoms with van der Waals surface area (Å²) in [6, 6.07) is 4.13. The van der Waals surface area contributed by atoms with Gasteiger partial charge in [-0.15, -0.1) is 11.3 Å². The average molecular weight is 298 g/mol. The minimum absolute atomic E-state index is 0.0352. The van der Waals surface area contributed by atoms with Gasteiger partial charge in [0.1, 0.15) is 0 Å². The molecular weight excluding hydrogens is 276 g/mol. The predicted molar refractivity (Wildman–Crippen MR) is 85.5 cm³/mol. The number of rotatable bonds is 8. The molecule has 1 aromatic heterocycles. The second-order valence-corrected chi connectivity index (χ2v) is 6.11. The van der Waals surface area contributed by atoms with Crippen molar-refractivity contribution >= 4 is 34.5 Å². The Hall–Kier alpha value is -0.940. The quantitative estimate of drug-likeness (QED) is 0.725. The van der Waals surface area contributed by atoms with Gasteiger partial charge in [0.25, 0.3) is 0 Å². The van der Waals surface area contributed by atoms with Crippen LogP contribution in [0.3, 0.4) is 0 Å². The van der Waals surface area contributed by atoms with E-state index in [1.807, 2.05) is 19.9 Å². The summed E-state index contributed by atoms with van der Waals surface area (Å²) in [7, 11) is 0. The molecule has 3 nitrogen and oxygen atoms in total. The maximum atomic E-state index is 12.0. The summed E-state index contributed by atoms with van der Waals surface area (Å²) in [5.41, 5.74) is 5.25. The van der Waals surface area contributed by atoms with Crippen LogP contribution < -0.4 is 11.1 Å². The molecule has 0 saturated heterocycles. The monoisotopic (exact) mass is 298 g/mol. The maximum absolute atomic E-state index is 12.0. The van der Waals surface area contributed by atoms with Gasteiger partial charge >= 0.3 is 0 Å². The molecule has 106 valence electrons. The first kappa shape index (κ1) is 16.1. The number of carbonyl (C=O) groups is 1. The summed E-state index contributed by atoms with van der Waals surface area (Å²) < 4.78 is 0. The molecule has 0 fully saturated rings. The molecule has 1 amide bonds. The van der Waals surface area contributed by atoms with Gasteiger partial charge in [-0.3, -0.25) is 4.79 Å². The summed E-state index contributed by atoms with van der Waals surface area (Å²) in [5.74, 6) is 0.0352. The average Bonchev–Trinajstić information content (AvgIpc) is 2.89. The van der Waals surface area contributed by atoms with E-state index in [1.165, 1.54) is 4.88 Å². The third-order valence-electron chi connectivity index (χ3n) is 3.46. The van der Waals surface area contributed by atoms with Crippen molar-refractivity contribution in [2.75, 3.05) is 0 Å². The Morgan fingerprint density at radius 1 is 1.47 bits per heavy atom. The molecule has 5 heteroatoms. The van der Waals surface area contributed by atoms with Crippen LogP contribution in [0.4, 0.5) is 0 Å². The van der Waals surface area contributed by atoms with Gasteiger partial charge in [-0.05, 0) is 37.1 Å². The van der Waals surface area contributed by atoms with E-state index in [1.54, 1.807) is 11.3 Å². The molecule has 0 unspecified atom stereocenters.